The molecular weight excluding hydrogens is 526 g/mol. The van der Waals surface area contributed by atoms with E-state index in [0.717, 1.165) is 10.8 Å². The molecule has 10 heteroatoms. The van der Waals surface area contributed by atoms with Gasteiger partial charge in [-0.2, -0.15) is 0 Å². The summed E-state index contributed by atoms with van der Waals surface area (Å²) >= 11 is 0. The molecule has 0 aliphatic heterocycles. The molecule has 5 N–H and O–H groups in total. The summed E-state index contributed by atoms with van der Waals surface area (Å²) in [6, 6.07) is 10.8. The molecule has 0 unspecified atom stereocenters. The normalized spacial score (nSPS) is 14.2. The maximum Gasteiger partial charge on any atom is 0.326 e. The van der Waals surface area contributed by atoms with Crippen molar-refractivity contribution in [3.63, 3.8) is 0 Å². The van der Waals surface area contributed by atoms with Crippen LogP contribution in [0, 0.1) is 17.8 Å². The fraction of sp³-hybridized carbons (Fsp3) is 0.548. The lowest BCUT2D eigenvalue weighted by atomic mass is 9.90. The molecule has 0 aliphatic rings. The van der Waals surface area contributed by atoms with Gasteiger partial charge in [0.15, 0.2) is 6.61 Å². The Morgan fingerprint density at radius 1 is 0.878 bits per heavy atom. The van der Waals surface area contributed by atoms with Crippen LogP contribution in [0.5, 0.6) is 5.75 Å². The number of carboxylic acids is 1. The van der Waals surface area contributed by atoms with Gasteiger partial charge in [0, 0.05) is 17.8 Å². The average Bonchev–Trinajstić information content (AvgIpc) is 2.92. The predicted molar refractivity (Wildman–Crippen MR) is 157 cm³/mol. The summed E-state index contributed by atoms with van der Waals surface area (Å²) in [5.74, 6) is -2.36. The van der Waals surface area contributed by atoms with Gasteiger partial charge in [0.05, 0.1) is 18.6 Å². The van der Waals surface area contributed by atoms with Crippen molar-refractivity contribution in [2.24, 2.45) is 17.8 Å². The average molecular weight is 572 g/mol. The molecule has 4 atom stereocenters. The first-order valence-electron chi connectivity index (χ1n) is 14.3. The van der Waals surface area contributed by atoms with Crippen molar-refractivity contribution in [1.29, 1.82) is 0 Å². The fourth-order valence-electron chi connectivity index (χ4n) is 4.54. The zero-order valence-corrected chi connectivity index (χ0v) is 24.7. The Morgan fingerprint density at radius 3 is 2.20 bits per heavy atom. The number of aliphatic hydroxyl groups is 1. The summed E-state index contributed by atoms with van der Waals surface area (Å²) in [5.41, 5.74) is 0. The number of amides is 3. The number of hydrogen-bond donors (Lipinski definition) is 5. The van der Waals surface area contributed by atoms with Gasteiger partial charge >= 0.3 is 5.97 Å². The first kappa shape index (κ1) is 33.5. The van der Waals surface area contributed by atoms with E-state index >= 15 is 0 Å². The second kappa shape index (κ2) is 16.6. The van der Waals surface area contributed by atoms with Gasteiger partial charge < -0.3 is 30.9 Å². The second-order valence-corrected chi connectivity index (χ2v) is 11.3. The van der Waals surface area contributed by atoms with Gasteiger partial charge in [-0.25, -0.2) is 4.79 Å². The predicted octanol–water partition coefficient (Wildman–Crippen LogP) is 3.26. The first-order valence-corrected chi connectivity index (χ1v) is 14.3. The zero-order valence-electron chi connectivity index (χ0n) is 24.7. The summed E-state index contributed by atoms with van der Waals surface area (Å²) < 4.78 is 5.63. The minimum absolute atomic E-state index is 0.117. The van der Waals surface area contributed by atoms with Crippen LogP contribution in [0.25, 0.3) is 10.8 Å². The summed E-state index contributed by atoms with van der Waals surface area (Å²) in [4.78, 5) is 49.9. The molecule has 226 valence electrons. The summed E-state index contributed by atoms with van der Waals surface area (Å²) in [7, 11) is 0. The largest absolute Gasteiger partial charge is 0.483 e. The topological polar surface area (TPSA) is 154 Å². The van der Waals surface area contributed by atoms with E-state index in [0.29, 0.717) is 31.1 Å². The van der Waals surface area contributed by atoms with E-state index in [1.165, 1.54) is 0 Å². The number of rotatable bonds is 17. The Balaban J connectivity index is 1.98. The van der Waals surface area contributed by atoms with Crippen LogP contribution in [0.15, 0.2) is 42.5 Å². The molecule has 0 spiro atoms. The highest BCUT2D eigenvalue weighted by molar-refractivity contribution is 5.90. The van der Waals surface area contributed by atoms with Crippen LogP contribution in [-0.4, -0.2) is 65.2 Å². The minimum atomic E-state index is -1.49. The number of hydrogen-bond acceptors (Lipinski definition) is 6. The lowest BCUT2D eigenvalue weighted by Crippen LogP contribution is -2.50. The molecular formula is C31H45N3O7. The number of benzene rings is 2. The van der Waals surface area contributed by atoms with Crippen molar-refractivity contribution >= 4 is 34.5 Å². The molecule has 2 aromatic rings. The molecule has 0 aromatic heterocycles. The van der Waals surface area contributed by atoms with E-state index < -0.39 is 54.9 Å². The van der Waals surface area contributed by atoms with Gasteiger partial charge in [-0.3, -0.25) is 14.4 Å². The third-order valence-electron chi connectivity index (χ3n) is 6.74. The lowest BCUT2D eigenvalue weighted by molar-refractivity contribution is -0.144. The van der Waals surface area contributed by atoms with Crippen molar-refractivity contribution in [1.82, 2.24) is 16.0 Å². The van der Waals surface area contributed by atoms with E-state index in [-0.39, 0.29) is 18.2 Å². The van der Waals surface area contributed by atoms with Gasteiger partial charge in [0.1, 0.15) is 11.8 Å². The summed E-state index contributed by atoms with van der Waals surface area (Å²) in [5, 5.41) is 30.4. The highest BCUT2D eigenvalue weighted by atomic mass is 16.5. The van der Waals surface area contributed by atoms with E-state index in [2.05, 4.69) is 16.0 Å². The number of ether oxygens (including phenoxy) is 1. The van der Waals surface area contributed by atoms with Gasteiger partial charge in [-0.15, -0.1) is 0 Å². The number of aliphatic carboxylic acids is 1. The molecule has 0 aliphatic carbocycles. The number of carboxylic acid groups (broad SMARTS) is 1. The molecule has 3 amide bonds. The van der Waals surface area contributed by atoms with Crippen LogP contribution in [0.4, 0.5) is 0 Å². The van der Waals surface area contributed by atoms with E-state index in [1.807, 2.05) is 65.0 Å². The monoisotopic (exact) mass is 571 g/mol. The first-order chi connectivity index (χ1) is 19.4. The Bertz CT molecular complexity index is 1160. The van der Waals surface area contributed by atoms with Crippen LogP contribution >= 0.6 is 0 Å². The maximum absolute atomic E-state index is 12.9. The van der Waals surface area contributed by atoms with Gasteiger partial charge in [-0.05, 0) is 42.6 Å². The summed E-state index contributed by atoms with van der Waals surface area (Å²) in [6.07, 6.45) is -0.425. The maximum atomic E-state index is 12.9. The molecule has 2 aromatic carbocycles. The molecule has 10 nitrogen and oxygen atoms in total. The van der Waals surface area contributed by atoms with Crippen LogP contribution in [0.1, 0.15) is 60.3 Å². The van der Waals surface area contributed by atoms with Crippen LogP contribution in [0.2, 0.25) is 0 Å². The van der Waals surface area contributed by atoms with Crippen LogP contribution in [0.3, 0.4) is 0 Å². The van der Waals surface area contributed by atoms with Crippen molar-refractivity contribution < 1.29 is 34.1 Å². The van der Waals surface area contributed by atoms with Gasteiger partial charge in [-0.1, -0.05) is 71.0 Å². The number of carbonyl (C=O) groups is 4. The third-order valence-corrected chi connectivity index (χ3v) is 6.74. The van der Waals surface area contributed by atoms with Gasteiger partial charge in [0.25, 0.3) is 5.91 Å². The molecule has 0 radical (unpaired) electrons. The molecule has 0 bridgehead atoms. The van der Waals surface area contributed by atoms with Crippen molar-refractivity contribution in [3.8, 4) is 5.75 Å². The van der Waals surface area contributed by atoms with E-state index in [1.54, 1.807) is 12.1 Å². The smallest absolute Gasteiger partial charge is 0.326 e. The molecule has 0 saturated carbocycles. The van der Waals surface area contributed by atoms with Crippen molar-refractivity contribution in [2.75, 3.05) is 13.2 Å². The van der Waals surface area contributed by atoms with Crippen LogP contribution in [-0.2, 0) is 19.2 Å². The molecule has 0 saturated heterocycles. The fourth-order valence-corrected chi connectivity index (χ4v) is 4.54. The van der Waals surface area contributed by atoms with Crippen molar-refractivity contribution in [3.05, 3.63) is 42.5 Å². The van der Waals surface area contributed by atoms with Crippen LogP contribution < -0.4 is 20.7 Å². The number of nitrogens with one attached hydrogen (secondary N) is 3. The van der Waals surface area contributed by atoms with Crippen molar-refractivity contribution in [2.45, 2.75) is 78.5 Å². The second-order valence-electron chi connectivity index (χ2n) is 11.3. The molecule has 0 heterocycles. The molecule has 41 heavy (non-hydrogen) atoms. The third kappa shape index (κ3) is 11.4. The molecule has 0 fully saturated rings. The highest BCUT2D eigenvalue weighted by Gasteiger charge is 2.30. The highest BCUT2D eigenvalue weighted by Crippen LogP contribution is 2.25. The lowest BCUT2D eigenvalue weighted by Gasteiger charge is -2.28. The number of aliphatic hydroxyl groups excluding tert-OH is 1. The zero-order chi connectivity index (χ0) is 30.5. The Kier molecular flexibility index (Phi) is 13.6. The van der Waals surface area contributed by atoms with E-state index in [9.17, 15) is 29.4 Å². The quantitative estimate of drug-likeness (QED) is 0.195. The Labute approximate surface area is 242 Å². The SMILES string of the molecule is CC[C@H](C[C@H](O)[C@H](CC(C)C)NC(=O)C[C@H](NC(=O)COc1cccc2ccccc12)C(=O)O)C(=O)NCC(C)C. The number of carbonyl (C=O) groups excluding carboxylic acids is 3. The summed E-state index contributed by atoms with van der Waals surface area (Å²) in [6.45, 7) is 9.85. The van der Waals surface area contributed by atoms with E-state index in [4.69, 9.17) is 4.74 Å². The van der Waals surface area contributed by atoms with Gasteiger partial charge in [0.2, 0.25) is 11.8 Å². The standard InChI is InChI=1S/C31H45N3O7/c1-6-21(30(38)32-17-20(4)5)15-26(35)24(14-19(2)3)33-28(36)16-25(31(39)40)34-29(37)18-41-27-13-9-11-22-10-7-8-12-23(22)27/h7-13,19-21,24-26,35H,6,14-18H2,1-5H3,(H,32,38)(H,33,36)(H,34,37)(H,39,40)/t21-,24+,25+,26+/m1/s1. The number of fused-ring (bicyclic) bond motifs is 1. The molecule has 2 rings (SSSR count). The minimum Gasteiger partial charge on any atom is -0.483 e. The Morgan fingerprint density at radius 2 is 1.56 bits per heavy atom. The Hall–Kier alpha value is -3.66.